The highest BCUT2D eigenvalue weighted by molar-refractivity contribution is 8.13. The number of aliphatic imine (C=N–C) groups is 1. The first kappa shape index (κ1) is 18.3. The van der Waals surface area contributed by atoms with Crippen molar-refractivity contribution in [1.29, 1.82) is 0 Å². The molecule has 1 aromatic rings. The fourth-order valence-electron chi connectivity index (χ4n) is 2.87. The summed E-state index contributed by atoms with van der Waals surface area (Å²) in [5.41, 5.74) is 6.11. The summed E-state index contributed by atoms with van der Waals surface area (Å²) in [7, 11) is 3.45. The minimum atomic E-state index is -0.834. The molecule has 1 amide bonds. The van der Waals surface area contributed by atoms with Crippen molar-refractivity contribution in [1.82, 2.24) is 4.90 Å². The molecule has 1 aromatic carbocycles. The number of carbonyl (C=O) groups is 1. The molecule has 0 aromatic heterocycles. The average molecular weight is 347 g/mol. The molecule has 2 atom stereocenters. The van der Waals surface area contributed by atoms with Gasteiger partial charge in [-0.15, -0.1) is 6.42 Å². The number of thioether (sulfide) groups is 1. The van der Waals surface area contributed by atoms with Crippen LogP contribution in [-0.4, -0.2) is 35.8 Å². The Kier molecular flexibility index (Phi) is 5.55. The van der Waals surface area contributed by atoms with Crippen LogP contribution in [-0.2, 0) is 10.3 Å². The zero-order chi connectivity index (χ0) is 17.9. The van der Waals surface area contributed by atoms with Crippen LogP contribution >= 0.6 is 11.8 Å². The smallest absolute Gasteiger partial charge is 0.222 e. The number of amidine groups is 1. The molecule has 1 aliphatic rings. The second-order valence-electron chi connectivity index (χ2n) is 6.27. The largest absolute Gasteiger partial charge is 0.379 e. The van der Waals surface area contributed by atoms with Crippen LogP contribution in [0.4, 0.5) is 4.39 Å². The molecule has 0 aliphatic carbocycles. The third-order valence-electron chi connectivity index (χ3n) is 4.45. The minimum Gasteiger partial charge on any atom is -0.379 e. The fourth-order valence-corrected chi connectivity index (χ4v) is 3.99. The zero-order valence-corrected chi connectivity index (χ0v) is 15.0. The fraction of sp³-hybridized carbons (Fsp3) is 0.444. The van der Waals surface area contributed by atoms with E-state index in [1.54, 1.807) is 31.1 Å². The van der Waals surface area contributed by atoms with Gasteiger partial charge in [0.1, 0.15) is 5.82 Å². The van der Waals surface area contributed by atoms with Crippen LogP contribution in [0, 0.1) is 24.1 Å². The van der Waals surface area contributed by atoms with E-state index in [0.717, 1.165) is 0 Å². The van der Waals surface area contributed by atoms with E-state index < -0.39 is 5.54 Å². The van der Waals surface area contributed by atoms with Crippen molar-refractivity contribution in [2.24, 2.45) is 16.6 Å². The third-order valence-corrected chi connectivity index (χ3v) is 5.41. The van der Waals surface area contributed by atoms with Crippen molar-refractivity contribution in [3.63, 3.8) is 0 Å². The summed E-state index contributed by atoms with van der Waals surface area (Å²) >= 11 is 1.44. The number of halogens is 1. The predicted molar refractivity (Wildman–Crippen MR) is 97.2 cm³/mol. The zero-order valence-electron chi connectivity index (χ0n) is 14.2. The summed E-state index contributed by atoms with van der Waals surface area (Å²) < 4.78 is 14.5. The first-order valence-electron chi connectivity index (χ1n) is 7.73. The Bertz CT molecular complexity index is 711. The van der Waals surface area contributed by atoms with Crippen LogP contribution in [0.25, 0.3) is 0 Å². The number of rotatable bonds is 4. The second kappa shape index (κ2) is 7.27. The molecule has 0 radical (unpaired) electrons. The molecule has 0 fully saturated rings. The van der Waals surface area contributed by atoms with E-state index in [1.807, 2.05) is 6.92 Å². The van der Waals surface area contributed by atoms with Gasteiger partial charge in [0, 0.05) is 37.4 Å². The number of nitrogens with two attached hydrogens (primary N) is 1. The van der Waals surface area contributed by atoms with Crippen molar-refractivity contribution in [3.05, 3.63) is 35.1 Å². The van der Waals surface area contributed by atoms with Gasteiger partial charge in [0.2, 0.25) is 5.91 Å². The Morgan fingerprint density at radius 1 is 1.58 bits per heavy atom. The summed E-state index contributed by atoms with van der Waals surface area (Å²) in [4.78, 5) is 18.0. The van der Waals surface area contributed by atoms with Crippen LogP contribution in [0.1, 0.15) is 30.9 Å². The summed E-state index contributed by atoms with van der Waals surface area (Å²) in [6, 6.07) is 4.59. The van der Waals surface area contributed by atoms with Crippen LogP contribution in [0.15, 0.2) is 23.2 Å². The number of benzene rings is 1. The Morgan fingerprint density at radius 3 is 2.92 bits per heavy atom. The number of hydrogen-bond acceptors (Lipinski definition) is 4. The SMILES string of the molecule is C#Cc1ccc(F)c([C@@]2(C)N=C(N)SC[C@H]2CCC(=O)N(C)C)c1. The maximum absolute atomic E-state index is 14.5. The van der Waals surface area contributed by atoms with E-state index in [9.17, 15) is 9.18 Å². The normalized spacial score (nSPS) is 23.3. The lowest BCUT2D eigenvalue weighted by Gasteiger charge is -2.38. The van der Waals surface area contributed by atoms with Crippen molar-refractivity contribution in [3.8, 4) is 12.3 Å². The van der Waals surface area contributed by atoms with E-state index in [1.165, 1.54) is 17.8 Å². The van der Waals surface area contributed by atoms with Crippen molar-refractivity contribution < 1.29 is 9.18 Å². The molecule has 0 saturated heterocycles. The first-order chi connectivity index (χ1) is 11.3. The van der Waals surface area contributed by atoms with E-state index >= 15 is 0 Å². The van der Waals surface area contributed by atoms with Gasteiger partial charge in [-0.25, -0.2) is 4.39 Å². The predicted octanol–water partition coefficient (Wildman–Crippen LogP) is 2.57. The molecule has 1 heterocycles. The molecule has 0 bridgehead atoms. The lowest BCUT2D eigenvalue weighted by atomic mass is 9.77. The highest BCUT2D eigenvalue weighted by Gasteiger charge is 2.41. The van der Waals surface area contributed by atoms with E-state index in [0.29, 0.717) is 34.9 Å². The highest BCUT2D eigenvalue weighted by Crippen LogP contribution is 2.43. The monoisotopic (exact) mass is 347 g/mol. The lowest BCUT2D eigenvalue weighted by Crippen LogP contribution is -2.39. The van der Waals surface area contributed by atoms with Gasteiger partial charge in [-0.3, -0.25) is 9.79 Å². The van der Waals surface area contributed by atoms with Crippen LogP contribution in [0.5, 0.6) is 0 Å². The van der Waals surface area contributed by atoms with Gasteiger partial charge in [-0.2, -0.15) is 0 Å². The van der Waals surface area contributed by atoms with Crippen LogP contribution in [0.2, 0.25) is 0 Å². The van der Waals surface area contributed by atoms with Gasteiger partial charge in [0.15, 0.2) is 5.17 Å². The lowest BCUT2D eigenvalue weighted by molar-refractivity contribution is -0.129. The molecular formula is C18H22FN3OS. The number of amides is 1. The molecule has 0 unspecified atom stereocenters. The van der Waals surface area contributed by atoms with Crippen LogP contribution in [0.3, 0.4) is 0 Å². The Labute approximate surface area is 146 Å². The molecule has 0 saturated carbocycles. The molecule has 0 spiro atoms. The van der Waals surface area contributed by atoms with Gasteiger partial charge < -0.3 is 10.6 Å². The van der Waals surface area contributed by atoms with E-state index in [-0.39, 0.29) is 17.6 Å². The van der Waals surface area contributed by atoms with Crippen molar-refractivity contribution in [2.45, 2.75) is 25.3 Å². The van der Waals surface area contributed by atoms with E-state index in [2.05, 4.69) is 10.9 Å². The molecule has 2 rings (SSSR count). The molecular weight excluding hydrogens is 325 g/mol. The molecule has 6 heteroatoms. The van der Waals surface area contributed by atoms with Crippen molar-refractivity contribution >= 4 is 22.8 Å². The summed E-state index contributed by atoms with van der Waals surface area (Å²) in [5, 5.41) is 0.429. The first-order valence-corrected chi connectivity index (χ1v) is 8.71. The molecule has 2 N–H and O–H groups in total. The Balaban J connectivity index is 2.39. The van der Waals surface area contributed by atoms with Gasteiger partial charge in [-0.1, -0.05) is 17.7 Å². The number of nitrogens with zero attached hydrogens (tertiary/aromatic N) is 2. The average Bonchev–Trinajstić information content (AvgIpc) is 2.54. The molecule has 4 nitrogen and oxygen atoms in total. The maximum atomic E-state index is 14.5. The topological polar surface area (TPSA) is 58.7 Å². The standard InChI is InChI=1S/C18H22FN3OS/c1-5-12-6-8-15(19)14(10-12)18(2)13(11-24-17(20)21-18)7-9-16(23)22(3)4/h1,6,8,10,13H,7,9,11H2,2-4H3,(H2,20,21)/t13-,18+/m1/s1. The van der Waals surface area contributed by atoms with Crippen molar-refractivity contribution in [2.75, 3.05) is 19.8 Å². The summed E-state index contributed by atoms with van der Waals surface area (Å²) in [6.07, 6.45) is 6.44. The number of hydrogen-bond donors (Lipinski definition) is 1. The Hall–Kier alpha value is -2.00. The summed E-state index contributed by atoms with van der Waals surface area (Å²) in [5.74, 6) is 2.89. The maximum Gasteiger partial charge on any atom is 0.222 e. The minimum absolute atomic E-state index is 0.0128. The van der Waals surface area contributed by atoms with Gasteiger partial charge in [0.05, 0.1) is 5.54 Å². The quantitative estimate of drug-likeness (QED) is 0.852. The third kappa shape index (κ3) is 3.73. The van der Waals surface area contributed by atoms with Gasteiger partial charge in [0.25, 0.3) is 0 Å². The van der Waals surface area contributed by atoms with Crippen LogP contribution < -0.4 is 5.73 Å². The second-order valence-corrected chi connectivity index (χ2v) is 7.31. The summed E-state index contributed by atoms with van der Waals surface area (Å²) in [6.45, 7) is 1.86. The number of carbonyl (C=O) groups excluding carboxylic acids is 1. The van der Waals surface area contributed by atoms with Gasteiger partial charge in [-0.05, 0) is 37.5 Å². The van der Waals surface area contributed by atoms with E-state index in [4.69, 9.17) is 12.2 Å². The molecule has 1 aliphatic heterocycles. The highest BCUT2D eigenvalue weighted by atomic mass is 32.2. The number of terminal acetylenes is 1. The Morgan fingerprint density at radius 2 is 2.29 bits per heavy atom. The molecule has 128 valence electrons. The molecule has 24 heavy (non-hydrogen) atoms. The van der Waals surface area contributed by atoms with Gasteiger partial charge >= 0.3 is 0 Å².